The summed E-state index contributed by atoms with van der Waals surface area (Å²) in [7, 11) is 0. The lowest BCUT2D eigenvalue weighted by Gasteiger charge is -2.44. The molecule has 8 rings (SSSR count). The zero-order valence-corrected chi connectivity index (χ0v) is 35.0. The number of Topliss-reactive ketones (excluding diaryl/α,β-unsaturated/α-hetero) is 2. The minimum atomic E-state index is -0.568. The number of nitrogens with one attached hydrogen (secondary N) is 2. The van der Waals surface area contributed by atoms with Crippen molar-refractivity contribution in [3.63, 3.8) is 0 Å². The second kappa shape index (κ2) is 13.5. The number of rotatable bonds is 4. The van der Waals surface area contributed by atoms with Gasteiger partial charge in [-0.2, -0.15) is 10.2 Å². The molecule has 4 aromatic rings. The Morgan fingerprint density at radius 3 is 1.26 bits per heavy atom. The standard InChI is InChI=1S/2C23H27ClN2O/c2*1-13(2)21-20-17(25-26-21)10-14-11-22(3,4)12-18(27)19(14)23(20,5)15-8-6-7-9-16(15)24/h2*6-9,13H,10-12H2,1-5H3,(H,25,26)/t2*23-/m10/s1. The van der Waals surface area contributed by atoms with Crippen LogP contribution in [0.5, 0.6) is 0 Å². The Morgan fingerprint density at radius 2 is 0.926 bits per heavy atom. The predicted molar refractivity (Wildman–Crippen MR) is 219 cm³/mol. The van der Waals surface area contributed by atoms with Gasteiger partial charge in [0.1, 0.15) is 0 Å². The molecular weight excluding hydrogens is 711 g/mol. The number of H-pyrrole nitrogens is 2. The number of halogens is 2. The summed E-state index contributed by atoms with van der Waals surface area (Å²) in [5, 5.41) is 17.3. The van der Waals surface area contributed by atoms with E-state index in [-0.39, 0.29) is 34.2 Å². The van der Waals surface area contributed by atoms with Crippen molar-refractivity contribution < 1.29 is 9.59 Å². The van der Waals surface area contributed by atoms with Crippen LogP contribution in [0, 0.1) is 10.8 Å². The molecule has 4 aliphatic rings. The number of aromatic amines is 2. The Labute approximate surface area is 330 Å². The predicted octanol–water partition coefficient (Wildman–Crippen LogP) is 11.5. The third-order valence-electron chi connectivity index (χ3n) is 12.4. The molecule has 0 aliphatic heterocycles. The first-order valence-corrected chi connectivity index (χ1v) is 20.2. The summed E-state index contributed by atoms with van der Waals surface area (Å²) < 4.78 is 0. The Bertz CT molecular complexity index is 2090. The second-order valence-electron chi connectivity index (χ2n) is 18.6. The molecule has 0 spiro atoms. The monoisotopic (exact) mass is 764 g/mol. The number of hydrogen-bond donors (Lipinski definition) is 2. The molecule has 0 saturated carbocycles. The van der Waals surface area contributed by atoms with E-state index in [1.54, 1.807) is 0 Å². The van der Waals surface area contributed by atoms with Crippen LogP contribution in [0.2, 0.25) is 10.0 Å². The van der Waals surface area contributed by atoms with Gasteiger partial charge in [-0.15, -0.1) is 0 Å². The molecule has 4 aliphatic carbocycles. The van der Waals surface area contributed by atoms with E-state index < -0.39 is 10.8 Å². The van der Waals surface area contributed by atoms with Gasteiger partial charge in [0.2, 0.25) is 0 Å². The van der Waals surface area contributed by atoms with Gasteiger partial charge < -0.3 is 0 Å². The average molecular weight is 766 g/mol. The molecule has 2 aromatic carbocycles. The lowest BCUT2D eigenvalue weighted by molar-refractivity contribution is -0.119. The highest BCUT2D eigenvalue weighted by Crippen LogP contribution is 2.56. The molecule has 6 nitrogen and oxygen atoms in total. The Kier molecular flexibility index (Phi) is 9.62. The molecule has 0 unspecified atom stereocenters. The van der Waals surface area contributed by atoms with Gasteiger partial charge >= 0.3 is 0 Å². The number of carbonyl (C=O) groups excluding carboxylic acids is 2. The Morgan fingerprint density at radius 1 is 0.574 bits per heavy atom. The van der Waals surface area contributed by atoms with E-state index in [1.807, 2.05) is 36.4 Å². The number of carbonyl (C=O) groups is 2. The summed E-state index contributed by atoms with van der Waals surface area (Å²) in [6.07, 6.45) is 4.58. The van der Waals surface area contributed by atoms with Crippen molar-refractivity contribution in [2.75, 3.05) is 0 Å². The van der Waals surface area contributed by atoms with Gasteiger partial charge in [-0.3, -0.25) is 19.8 Å². The topological polar surface area (TPSA) is 91.5 Å². The molecule has 0 radical (unpaired) electrons. The number of ketones is 2. The van der Waals surface area contributed by atoms with Crippen molar-refractivity contribution in [3.05, 3.63) is 126 Å². The number of benzene rings is 2. The largest absolute Gasteiger partial charge is 0.294 e. The molecule has 284 valence electrons. The maximum Gasteiger partial charge on any atom is 0.160 e. The van der Waals surface area contributed by atoms with E-state index >= 15 is 0 Å². The van der Waals surface area contributed by atoms with E-state index in [9.17, 15) is 9.59 Å². The molecule has 0 fully saturated rings. The lowest BCUT2D eigenvalue weighted by Crippen LogP contribution is -2.41. The molecule has 2 atom stereocenters. The van der Waals surface area contributed by atoms with Gasteiger partial charge in [-0.05, 0) is 72.6 Å². The smallest absolute Gasteiger partial charge is 0.160 e. The number of hydrogen-bond acceptors (Lipinski definition) is 4. The van der Waals surface area contributed by atoms with E-state index in [0.29, 0.717) is 22.9 Å². The van der Waals surface area contributed by atoms with Crippen LogP contribution < -0.4 is 0 Å². The summed E-state index contributed by atoms with van der Waals surface area (Å²) >= 11 is 13.4. The Balaban J connectivity index is 0.000000167. The summed E-state index contributed by atoms with van der Waals surface area (Å²) in [4.78, 5) is 26.9. The molecule has 54 heavy (non-hydrogen) atoms. The maximum atomic E-state index is 13.4. The van der Waals surface area contributed by atoms with Gasteiger partial charge in [0, 0.05) is 69.4 Å². The fraction of sp³-hybridized carbons (Fsp3) is 0.478. The van der Waals surface area contributed by atoms with Gasteiger partial charge in [-0.1, -0.05) is 126 Å². The van der Waals surface area contributed by atoms with Crippen LogP contribution in [0.15, 0.2) is 70.8 Å². The van der Waals surface area contributed by atoms with Crippen molar-refractivity contribution in [3.8, 4) is 0 Å². The average Bonchev–Trinajstić information content (AvgIpc) is 3.70. The van der Waals surface area contributed by atoms with E-state index in [1.165, 1.54) is 11.1 Å². The van der Waals surface area contributed by atoms with Gasteiger partial charge in [0.05, 0.1) is 22.2 Å². The quantitative estimate of drug-likeness (QED) is 0.216. The van der Waals surface area contributed by atoms with Crippen LogP contribution in [-0.4, -0.2) is 32.0 Å². The molecule has 8 heteroatoms. The van der Waals surface area contributed by atoms with E-state index in [4.69, 9.17) is 23.2 Å². The fourth-order valence-electron chi connectivity index (χ4n) is 10.4. The number of fused-ring (bicyclic) bond motifs is 2. The zero-order chi connectivity index (χ0) is 39.1. The van der Waals surface area contributed by atoms with Gasteiger partial charge in [-0.25, -0.2) is 0 Å². The minimum absolute atomic E-state index is 0.00425. The first-order valence-electron chi connectivity index (χ1n) is 19.5. The van der Waals surface area contributed by atoms with Crippen LogP contribution in [0.25, 0.3) is 0 Å². The first-order chi connectivity index (χ1) is 25.3. The van der Waals surface area contributed by atoms with Crippen molar-refractivity contribution >= 4 is 34.8 Å². The van der Waals surface area contributed by atoms with Crippen LogP contribution >= 0.6 is 23.2 Å². The highest BCUT2D eigenvalue weighted by Gasteiger charge is 2.51. The van der Waals surface area contributed by atoms with Crippen LogP contribution in [-0.2, 0) is 33.3 Å². The van der Waals surface area contributed by atoms with E-state index in [2.05, 4.69) is 102 Å². The fourth-order valence-corrected chi connectivity index (χ4v) is 11.1. The SMILES string of the molecule is CC(C)c1n[nH]c2c1[C@@](C)(c1ccccc1Cl)C1=C(C2)CC(C)(C)CC1=O.CC(C)c1n[nH]c2c1[C@](C)(c1ccccc1Cl)C1=C(C2)CC(C)(C)CC1=O. The molecular formula is C46H54Cl2N4O2. The molecule has 0 amide bonds. The lowest BCUT2D eigenvalue weighted by atomic mass is 9.58. The second-order valence-corrected chi connectivity index (χ2v) is 19.5. The maximum absolute atomic E-state index is 13.4. The number of nitrogens with zero attached hydrogens (tertiary/aromatic N) is 2. The highest BCUT2D eigenvalue weighted by atomic mass is 35.5. The van der Waals surface area contributed by atoms with Crippen LogP contribution in [0.3, 0.4) is 0 Å². The third-order valence-corrected chi connectivity index (χ3v) is 13.0. The molecule has 2 heterocycles. The van der Waals surface area contributed by atoms with Gasteiger partial charge in [0.25, 0.3) is 0 Å². The first kappa shape index (κ1) is 38.5. The third kappa shape index (κ3) is 6.16. The van der Waals surface area contributed by atoms with Crippen molar-refractivity contribution in [2.45, 2.75) is 130 Å². The van der Waals surface area contributed by atoms with Crippen LogP contribution in [0.1, 0.15) is 152 Å². The Hall–Kier alpha value is -3.74. The summed E-state index contributed by atoms with van der Waals surface area (Å²) in [5.41, 5.74) is 11.9. The molecule has 0 saturated heterocycles. The number of allylic oxidation sites excluding steroid dienone is 4. The minimum Gasteiger partial charge on any atom is -0.294 e. The molecule has 0 bridgehead atoms. The number of aromatic nitrogens is 4. The molecule has 2 aromatic heterocycles. The summed E-state index contributed by atoms with van der Waals surface area (Å²) in [6.45, 7) is 21.7. The van der Waals surface area contributed by atoms with Gasteiger partial charge in [0.15, 0.2) is 11.6 Å². The van der Waals surface area contributed by atoms with Crippen molar-refractivity contribution in [1.29, 1.82) is 0 Å². The normalized spacial score (nSPS) is 24.2. The van der Waals surface area contributed by atoms with Crippen LogP contribution in [0.4, 0.5) is 0 Å². The zero-order valence-electron chi connectivity index (χ0n) is 33.5. The van der Waals surface area contributed by atoms with Crippen molar-refractivity contribution in [1.82, 2.24) is 20.4 Å². The van der Waals surface area contributed by atoms with E-state index in [0.717, 1.165) is 81.9 Å². The summed E-state index contributed by atoms with van der Waals surface area (Å²) in [6, 6.07) is 15.9. The summed E-state index contributed by atoms with van der Waals surface area (Å²) in [5.74, 6) is 1.05. The highest BCUT2D eigenvalue weighted by molar-refractivity contribution is 6.32. The van der Waals surface area contributed by atoms with Crippen molar-refractivity contribution in [2.24, 2.45) is 10.8 Å². The molecule has 2 N–H and O–H groups in total.